The largest absolute Gasteiger partial charge is 0.396 e. The fourth-order valence-electron chi connectivity index (χ4n) is 3.20. The number of rotatable bonds is 19. The van der Waals surface area contributed by atoms with Crippen LogP contribution in [0.4, 0.5) is 0 Å². The molecular formula is C22H44O3S. The van der Waals surface area contributed by atoms with Crippen molar-refractivity contribution in [3.63, 3.8) is 0 Å². The van der Waals surface area contributed by atoms with Gasteiger partial charge in [0.15, 0.2) is 9.84 Å². The molecule has 3 nitrogen and oxygen atoms in total. The maximum Gasteiger partial charge on any atom is 0.173 e. The lowest BCUT2D eigenvalue weighted by Gasteiger charge is -2.09. The molecule has 0 aromatic rings. The molecule has 0 amide bonds. The van der Waals surface area contributed by atoms with E-state index in [4.69, 9.17) is 5.11 Å². The molecule has 0 bridgehead atoms. The van der Waals surface area contributed by atoms with Crippen molar-refractivity contribution < 1.29 is 13.5 Å². The molecule has 0 aromatic heterocycles. The first-order valence-corrected chi connectivity index (χ1v) is 12.7. The maximum absolute atomic E-state index is 12.0. The monoisotopic (exact) mass is 388 g/mol. The van der Waals surface area contributed by atoms with Crippen molar-refractivity contribution in [1.29, 1.82) is 0 Å². The molecule has 1 unspecified atom stereocenters. The summed E-state index contributed by atoms with van der Waals surface area (Å²) in [5, 5.41) is 9.66. The summed E-state index contributed by atoms with van der Waals surface area (Å²) < 4.78 is 24.0. The summed E-state index contributed by atoms with van der Waals surface area (Å²) in [6, 6.07) is 0. The molecule has 1 N–H and O–H groups in total. The highest BCUT2D eigenvalue weighted by molar-refractivity contribution is 7.94. The molecule has 156 valence electrons. The molecule has 0 aliphatic carbocycles. The number of aliphatic hydroxyl groups is 1. The van der Waals surface area contributed by atoms with E-state index in [1.54, 1.807) is 13.0 Å². The molecule has 0 saturated heterocycles. The first-order chi connectivity index (χ1) is 12.5. The highest BCUT2D eigenvalue weighted by Crippen LogP contribution is 2.16. The first kappa shape index (κ1) is 25.6. The van der Waals surface area contributed by atoms with Crippen molar-refractivity contribution in [1.82, 2.24) is 0 Å². The van der Waals surface area contributed by atoms with E-state index in [9.17, 15) is 8.42 Å². The van der Waals surface area contributed by atoms with Gasteiger partial charge >= 0.3 is 0 Å². The fourth-order valence-corrected chi connectivity index (χ4v) is 4.37. The van der Waals surface area contributed by atoms with Gasteiger partial charge in [-0.25, -0.2) is 8.42 Å². The maximum atomic E-state index is 12.0. The minimum absolute atomic E-state index is 0.000635. The summed E-state index contributed by atoms with van der Waals surface area (Å²) in [5.74, 6) is 0. The Morgan fingerprint density at radius 1 is 0.769 bits per heavy atom. The topological polar surface area (TPSA) is 54.4 Å². The normalized spacial score (nSPS) is 13.5. The zero-order valence-electron chi connectivity index (χ0n) is 17.4. The van der Waals surface area contributed by atoms with Gasteiger partial charge in [-0.15, -0.1) is 0 Å². The number of hydrogen-bond acceptors (Lipinski definition) is 3. The molecule has 0 heterocycles. The molecule has 0 rings (SSSR count). The van der Waals surface area contributed by atoms with E-state index in [0.717, 1.165) is 19.3 Å². The summed E-state index contributed by atoms with van der Waals surface area (Å²) in [5.41, 5.74) is 0. The van der Waals surface area contributed by atoms with Crippen LogP contribution in [0.25, 0.3) is 0 Å². The van der Waals surface area contributed by atoms with Crippen LogP contribution in [0.15, 0.2) is 11.5 Å². The van der Waals surface area contributed by atoms with Crippen LogP contribution in [-0.2, 0) is 9.84 Å². The van der Waals surface area contributed by atoms with Crippen LogP contribution in [0.1, 0.15) is 117 Å². The number of aliphatic hydroxyl groups excluding tert-OH is 1. The number of hydrogen-bond donors (Lipinski definition) is 1. The van der Waals surface area contributed by atoms with Crippen molar-refractivity contribution in [2.45, 2.75) is 122 Å². The smallest absolute Gasteiger partial charge is 0.173 e. The summed E-state index contributed by atoms with van der Waals surface area (Å²) in [6.07, 6.45) is 21.2. The van der Waals surface area contributed by atoms with Crippen LogP contribution >= 0.6 is 0 Å². The van der Waals surface area contributed by atoms with E-state index in [1.807, 2.05) is 0 Å². The fraction of sp³-hybridized carbons (Fsp3) is 0.909. The van der Waals surface area contributed by atoms with Gasteiger partial charge < -0.3 is 5.11 Å². The van der Waals surface area contributed by atoms with Gasteiger partial charge in [-0.05, 0) is 19.8 Å². The van der Waals surface area contributed by atoms with Gasteiger partial charge in [-0.1, -0.05) is 103 Å². The van der Waals surface area contributed by atoms with Gasteiger partial charge in [0.2, 0.25) is 0 Å². The number of unbranched alkanes of at least 4 members (excludes halogenated alkanes) is 13. The highest BCUT2D eigenvalue weighted by atomic mass is 32.2. The number of sulfone groups is 1. The van der Waals surface area contributed by atoms with Crippen LogP contribution in [0.3, 0.4) is 0 Å². The van der Waals surface area contributed by atoms with Gasteiger partial charge in [-0.2, -0.15) is 0 Å². The molecule has 0 aliphatic heterocycles. The van der Waals surface area contributed by atoms with Gasteiger partial charge in [-0.3, -0.25) is 0 Å². The molecule has 0 radical (unpaired) electrons. The Balaban J connectivity index is 3.42. The average molecular weight is 389 g/mol. The van der Waals surface area contributed by atoms with Crippen LogP contribution in [0.5, 0.6) is 0 Å². The summed E-state index contributed by atoms with van der Waals surface area (Å²) in [6.45, 7) is 4.06. The third kappa shape index (κ3) is 15.9. The zero-order valence-corrected chi connectivity index (χ0v) is 18.2. The molecule has 4 heteroatoms. The summed E-state index contributed by atoms with van der Waals surface area (Å²) in [4.78, 5) is 0. The van der Waals surface area contributed by atoms with Gasteiger partial charge in [0, 0.05) is 12.0 Å². The third-order valence-electron chi connectivity index (χ3n) is 5.11. The van der Waals surface area contributed by atoms with Gasteiger partial charge in [0.1, 0.15) is 0 Å². The molecule has 0 aromatic carbocycles. The molecule has 0 saturated carbocycles. The lowest BCUT2D eigenvalue weighted by atomic mass is 10.0. The van der Waals surface area contributed by atoms with E-state index < -0.39 is 9.84 Å². The quantitative estimate of drug-likeness (QED) is 0.255. The van der Waals surface area contributed by atoms with Crippen LogP contribution < -0.4 is 0 Å². The second-order valence-corrected chi connectivity index (χ2v) is 9.92. The van der Waals surface area contributed by atoms with Crippen LogP contribution in [0.2, 0.25) is 0 Å². The van der Waals surface area contributed by atoms with E-state index in [0.29, 0.717) is 6.42 Å². The van der Waals surface area contributed by atoms with E-state index in [1.165, 1.54) is 82.5 Å². The Bertz CT molecular complexity index is 415. The molecule has 0 aliphatic rings. The lowest BCUT2D eigenvalue weighted by molar-refractivity contribution is 0.302. The summed E-state index contributed by atoms with van der Waals surface area (Å²) >= 11 is 0. The van der Waals surface area contributed by atoms with Crippen molar-refractivity contribution in [2.75, 3.05) is 6.61 Å². The Kier molecular flexibility index (Phi) is 17.8. The van der Waals surface area contributed by atoms with Crippen molar-refractivity contribution in [3.05, 3.63) is 11.5 Å². The van der Waals surface area contributed by atoms with E-state index in [2.05, 4.69) is 6.92 Å². The third-order valence-corrected chi connectivity index (χ3v) is 7.04. The SMILES string of the molecule is CCCCCCCCCCCCCCCCC(C)S(=O)(=O)C=CCCO. The van der Waals surface area contributed by atoms with E-state index >= 15 is 0 Å². The van der Waals surface area contributed by atoms with Gasteiger partial charge in [0.25, 0.3) is 0 Å². The standard InChI is InChI=1S/C22H44O3S/c1-3-4-5-6-7-8-9-10-11-12-13-14-15-16-19-22(2)26(24,25)21-18-17-20-23/h18,21-23H,3-17,19-20H2,1-2H3. The summed E-state index contributed by atoms with van der Waals surface area (Å²) in [7, 11) is -3.14. The molecule has 0 spiro atoms. The lowest BCUT2D eigenvalue weighted by Crippen LogP contribution is -2.14. The first-order valence-electron chi connectivity index (χ1n) is 11.1. The Morgan fingerprint density at radius 3 is 1.62 bits per heavy atom. The minimum Gasteiger partial charge on any atom is -0.396 e. The average Bonchev–Trinajstić information content (AvgIpc) is 2.62. The second-order valence-electron chi connectivity index (χ2n) is 7.67. The molecule has 1 atom stereocenters. The second kappa shape index (κ2) is 18.0. The Hall–Kier alpha value is -0.350. The van der Waals surface area contributed by atoms with Crippen molar-refractivity contribution in [2.24, 2.45) is 0 Å². The van der Waals surface area contributed by atoms with Crippen molar-refractivity contribution >= 4 is 9.84 Å². The molecule has 26 heavy (non-hydrogen) atoms. The van der Waals surface area contributed by atoms with Crippen molar-refractivity contribution in [3.8, 4) is 0 Å². The van der Waals surface area contributed by atoms with E-state index in [-0.39, 0.29) is 11.9 Å². The minimum atomic E-state index is -3.14. The zero-order chi connectivity index (χ0) is 19.5. The molecule has 0 fully saturated rings. The van der Waals surface area contributed by atoms with Crippen LogP contribution in [0, 0.1) is 0 Å². The Morgan fingerprint density at radius 2 is 1.19 bits per heavy atom. The van der Waals surface area contributed by atoms with Crippen LogP contribution in [-0.4, -0.2) is 25.4 Å². The highest BCUT2D eigenvalue weighted by Gasteiger charge is 2.16. The predicted molar refractivity (Wildman–Crippen MR) is 114 cm³/mol. The predicted octanol–water partition coefficient (Wildman–Crippen LogP) is 6.56. The molecular weight excluding hydrogens is 344 g/mol. The van der Waals surface area contributed by atoms with Gasteiger partial charge in [0.05, 0.1) is 5.25 Å². The Labute approximate surface area is 163 Å².